The zero-order valence-corrected chi connectivity index (χ0v) is 12.0. The fraction of sp³-hybridized carbons (Fsp3) is 0.364. The van der Waals surface area contributed by atoms with Crippen molar-refractivity contribution in [3.05, 3.63) is 30.6 Å². The molecule has 1 unspecified atom stereocenters. The van der Waals surface area contributed by atoms with Crippen LogP contribution in [0, 0.1) is 0 Å². The second-order valence-corrected chi connectivity index (χ2v) is 5.76. The van der Waals surface area contributed by atoms with E-state index in [-0.39, 0.29) is 4.90 Å². The van der Waals surface area contributed by atoms with Gasteiger partial charge in [0.25, 0.3) is 0 Å². The molecule has 0 fully saturated rings. The lowest BCUT2D eigenvalue weighted by molar-refractivity contribution is 0.538. The zero-order chi connectivity index (χ0) is 14.6. The Morgan fingerprint density at radius 1 is 1.30 bits per heavy atom. The molecule has 0 aliphatic heterocycles. The van der Waals surface area contributed by atoms with Gasteiger partial charge in [-0.25, -0.2) is 28.1 Å². The fourth-order valence-corrected chi connectivity index (χ4v) is 2.81. The van der Waals surface area contributed by atoms with Crippen molar-refractivity contribution in [3.8, 4) is 0 Å². The summed E-state index contributed by atoms with van der Waals surface area (Å²) >= 11 is 0. The van der Waals surface area contributed by atoms with Crippen LogP contribution in [0.3, 0.4) is 0 Å². The van der Waals surface area contributed by atoms with Crippen LogP contribution in [-0.2, 0) is 10.0 Å². The second kappa shape index (κ2) is 5.97. The maximum absolute atomic E-state index is 12.2. The first kappa shape index (κ1) is 14.4. The minimum atomic E-state index is -3.69. The summed E-state index contributed by atoms with van der Waals surface area (Å²) in [6.45, 7) is 1.87. The van der Waals surface area contributed by atoms with Crippen molar-refractivity contribution in [1.82, 2.24) is 24.7 Å². The molecule has 1 atom stereocenters. The molecular formula is C11H16N6O2S. The molecule has 2 aromatic rings. The third-order valence-corrected chi connectivity index (χ3v) is 4.14. The van der Waals surface area contributed by atoms with Gasteiger partial charge in [0.15, 0.2) is 0 Å². The molecule has 0 aliphatic carbocycles. The van der Waals surface area contributed by atoms with E-state index in [0.29, 0.717) is 18.2 Å². The number of hydrogen-bond acceptors (Lipinski definition) is 6. The van der Waals surface area contributed by atoms with Crippen molar-refractivity contribution in [1.29, 1.82) is 0 Å². The topological polar surface area (TPSA) is 113 Å². The second-order valence-electron chi connectivity index (χ2n) is 4.05. The summed E-state index contributed by atoms with van der Waals surface area (Å²) in [6, 6.07) is -0.418. The number of rotatable bonds is 6. The van der Waals surface area contributed by atoms with Crippen molar-refractivity contribution in [2.75, 3.05) is 12.4 Å². The van der Waals surface area contributed by atoms with Gasteiger partial charge in [0.1, 0.15) is 10.7 Å². The lowest BCUT2D eigenvalue weighted by Crippen LogP contribution is -2.29. The van der Waals surface area contributed by atoms with Gasteiger partial charge in [-0.3, -0.25) is 0 Å². The normalized spacial score (nSPS) is 13.1. The summed E-state index contributed by atoms with van der Waals surface area (Å²) in [5.41, 5.74) is 0. The van der Waals surface area contributed by atoms with Crippen molar-refractivity contribution < 1.29 is 8.42 Å². The molecule has 0 bridgehead atoms. The third kappa shape index (κ3) is 3.11. The average molecular weight is 296 g/mol. The maximum atomic E-state index is 12.2. The lowest BCUT2D eigenvalue weighted by Gasteiger charge is -2.14. The number of nitrogens with zero attached hydrogens (tertiary/aromatic N) is 3. The van der Waals surface area contributed by atoms with Crippen LogP contribution in [0.25, 0.3) is 0 Å². The van der Waals surface area contributed by atoms with Crippen LogP contribution in [0.1, 0.15) is 25.2 Å². The molecule has 0 radical (unpaired) electrons. The highest BCUT2D eigenvalue weighted by Crippen LogP contribution is 2.16. The van der Waals surface area contributed by atoms with E-state index in [9.17, 15) is 8.42 Å². The Morgan fingerprint density at radius 2 is 2.00 bits per heavy atom. The van der Waals surface area contributed by atoms with Crippen LogP contribution in [0.5, 0.6) is 0 Å². The van der Waals surface area contributed by atoms with E-state index >= 15 is 0 Å². The van der Waals surface area contributed by atoms with Gasteiger partial charge in [0, 0.05) is 19.4 Å². The summed E-state index contributed by atoms with van der Waals surface area (Å²) in [7, 11) is -2.03. The van der Waals surface area contributed by atoms with Crippen LogP contribution >= 0.6 is 0 Å². The van der Waals surface area contributed by atoms with Crippen molar-refractivity contribution in [3.63, 3.8) is 0 Å². The Bertz CT molecular complexity index is 638. The highest BCUT2D eigenvalue weighted by atomic mass is 32.2. The maximum Gasteiger partial charge on any atom is 0.244 e. The Morgan fingerprint density at radius 3 is 2.50 bits per heavy atom. The molecule has 2 rings (SSSR count). The van der Waals surface area contributed by atoms with Gasteiger partial charge in [-0.1, -0.05) is 6.92 Å². The molecule has 0 aromatic carbocycles. The predicted molar refractivity (Wildman–Crippen MR) is 73.5 cm³/mol. The number of imidazole rings is 1. The smallest absolute Gasteiger partial charge is 0.244 e. The van der Waals surface area contributed by atoms with E-state index < -0.39 is 16.1 Å². The van der Waals surface area contributed by atoms with E-state index in [4.69, 9.17) is 0 Å². The summed E-state index contributed by atoms with van der Waals surface area (Å²) < 4.78 is 27.1. The van der Waals surface area contributed by atoms with Gasteiger partial charge < -0.3 is 10.3 Å². The van der Waals surface area contributed by atoms with Crippen LogP contribution in [-0.4, -0.2) is 35.4 Å². The summed E-state index contributed by atoms with van der Waals surface area (Å²) in [5.74, 6) is 0.936. The van der Waals surface area contributed by atoms with Crippen LogP contribution in [0.4, 0.5) is 5.95 Å². The summed E-state index contributed by atoms with van der Waals surface area (Å²) in [6.07, 6.45) is 6.32. The van der Waals surface area contributed by atoms with Crippen molar-refractivity contribution >= 4 is 16.0 Å². The molecule has 9 heteroatoms. The number of aromatic nitrogens is 4. The standard InChI is InChI=1S/C11H16N6O2S/c1-3-9(10-13-4-5-14-10)17-20(18,19)8-6-15-11(12-2)16-7-8/h4-7,9,17H,3H2,1-2H3,(H,13,14)(H,12,15,16). The number of nitrogens with one attached hydrogen (secondary N) is 3. The molecule has 0 amide bonds. The number of H-pyrrole nitrogens is 1. The third-order valence-electron chi connectivity index (χ3n) is 2.72. The first-order valence-electron chi connectivity index (χ1n) is 6.08. The minimum Gasteiger partial charge on any atom is -0.357 e. The van der Waals surface area contributed by atoms with Crippen molar-refractivity contribution in [2.45, 2.75) is 24.3 Å². The van der Waals surface area contributed by atoms with Gasteiger partial charge in [-0.05, 0) is 6.42 Å². The number of anilines is 1. The first-order chi connectivity index (χ1) is 9.56. The monoisotopic (exact) mass is 296 g/mol. The number of aromatic amines is 1. The molecule has 20 heavy (non-hydrogen) atoms. The van der Waals surface area contributed by atoms with E-state index in [2.05, 4.69) is 30.0 Å². The van der Waals surface area contributed by atoms with Gasteiger partial charge in [-0.15, -0.1) is 0 Å². The summed E-state index contributed by atoms with van der Waals surface area (Å²) in [4.78, 5) is 14.8. The molecule has 0 saturated carbocycles. The largest absolute Gasteiger partial charge is 0.357 e. The number of hydrogen-bond donors (Lipinski definition) is 3. The molecule has 0 aliphatic rings. The van der Waals surface area contributed by atoms with E-state index in [0.717, 1.165) is 0 Å². The average Bonchev–Trinajstić information content (AvgIpc) is 2.99. The molecule has 3 N–H and O–H groups in total. The highest BCUT2D eigenvalue weighted by Gasteiger charge is 2.22. The summed E-state index contributed by atoms with van der Waals surface area (Å²) in [5, 5.41) is 2.73. The molecule has 8 nitrogen and oxygen atoms in total. The molecule has 0 spiro atoms. The van der Waals surface area contributed by atoms with E-state index in [1.165, 1.54) is 12.4 Å². The highest BCUT2D eigenvalue weighted by molar-refractivity contribution is 7.89. The molecule has 108 valence electrons. The Kier molecular flexibility index (Phi) is 4.30. The molecule has 2 heterocycles. The Hall–Kier alpha value is -2.00. The first-order valence-corrected chi connectivity index (χ1v) is 7.56. The SMILES string of the molecule is CCC(NS(=O)(=O)c1cnc(NC)nc1)c1ncc[nH]1. The molecular weight excluding hydrogens is 280 g/mol. The number of sulfonamides is 1. The van der Waals surface area contributed by atoms with E-state index in [1.807, 2.05) is 6.92 Å². The lowest BCUT2D eigenvalue weighted by atomic mass is 10.2. The van der Waals surface area contributed by atoms with Gasteiger partial charge in [0.05, 0.1) is 18.4 Å². The Labute approximate surface area is 117 Å². The van der Waals surface area contributed by atoms with Crippen LogP contribution < -0.4 is 10.0 Å². The van der Waals surface area contributed by atoms with E-state index in [1.54, 1.807) is 19.4 Å². The zero-order valence-electron chi connectivity index (χ0n) is 11.2. The van der Waals surface area contributed by atoms with Gasteiger partial charge in [-0.2, -0.15) is 0 Å². The van der Waals surface area contributed by atoms with Crippen LogP contribution in [0.2, 0.25) is 0 Å². The Balaban J connectivity index is 2.21. The molecule has 2 aromatic heterocycles. The van der Waals surface area contributed by atoms with Gasteiger partial charge >= 0.3 is 0 Å². The van der Waals surface area contributed by atoms with Gasteiger partial charge in [0.2, 0.25) is 16.0 Å². The quantitative estimate of drug-likeness (QED) is 0.722. The molecule has 0 saturated heterocycles. The van der Waals surface area contributed by atoms with Crippen LogP contribution in [0.15, 0.2) is 29.7 Å². The predicted octanol–water partition coefficient (Wildman–Crippen LogP) is 0.671. The minimum absolute atomic E-state index is 0.0153. The van der Waals surface area contributed by atoms with Crippen molar-refractivity contribution in [2.24, 2.45) is 0 Å². The fourth-order valence-electron chi connectivity index (χ4n) is 1.64.